The van der Waals surface area contributed by atoms with E-state index in [2.05, 4.69) is 5.32 Å². The maximum absolute atomic E-state index is 12.0. The molecular weight excluding hydrogens is 250 g/mol. The van der Waals surface area contributed by atoms with Gasteiger partial charge in [0, 0.05) is 5.92 Å². The van der Waals surface area contributed by atoms with Crippen LogP contribution < -0.4 is 5.32 Å². The lowest BCUT2D eigenvalue weighted by molar-refractivity contribution is -0.142. The molecule has 0 aromatic carbocycles. The van der Waals surface area contributed by atoms with Crippen molar-refractivity contribution in [3.05, 3.63) is 0 Å². The van der Waals surface area contributed by atoms with Gasteiger partial charge in [-0.3, -0.25) is 4.79 Å². The number of aliphatic carboxylic acids is 1. The number of amides is 1. The summed E-state index contributed by atoms with van der Waals surface area (Å²) in [7, 11) is 0. The zero-order chi connectivity index (χ0) is 14.0. The lowest BCUT2D eigenvalue weighted by Gasteiger charge is -2.19. The minimum absolute atomic E-state index is 0.0453. The van der Waals surface area contributed by atoms with E-state index < -0.39 is 12.0 Å². The van der Waals surface area contributed by atoms with Crippen LogP contribution in [0.2, 0.25) is 0 Å². The summed E-state index contributed by atoms with van der Waals surface area (Å²) in [6, 6.07) is -0.749. The fourth-order valence-electron chi connectivity index (χ4n) is 1.89. The molecular formula is C13H25NO3S. The Morgan fingerprint density at radius 2 is 1.72 bits per heavy atom. The quantitative estimate of drug-likeness (QED) is 0.643. The van der Waals surface area contributed by atoms with Crippen molar-refractivity contribution < 1.29 is 14.7 Å². The molecule has 0 spiro atoms. The summed E-state index contributed by atoms with van der Waals surface area (Å²) in [5, 5.41) is 11.7. The van der Waals surface area contributed by atoms with Gasteiger partial charge in [-0.15, -0.1) is 0 Å². The molecule has 0 rings (SSSR count). The Kier molecular flexibility index (Phi) is 9.83. The van der Waals surface area contributed by atoms with E-state index in [0.29, 0.717) is 6.42 Å². The third-order valence-electron chi connectivity index (χ3n) is 2.87. The van der Waals surface area contributed by atoms with E-state index in [9.17, 15) is 9.59 Å². The topological polar surface area (TPSA) is 66.4 Å². The van der Waals surface area contributed by atoms with E-state index in [1.165, 1.54) is 0 Å². The third kappa shape index (κ3) is 6.89. The van der Waals surface area contributed by atoms with E-state index in [4.69, 9.17) is 5.11 Å². The Balaban J connectivity index is 4.39. The molecule has 1 atom stereocenters. The monoisotopic (exact) mass is 275 g/mol. The molecule has 5 heteroatoms. The average molecular weight is 275 g/mol. The van der Waals surface area contributed by atoms with Crippen LogP contribution in [-0.2, 0) is 9.59 Å². The Morgan fingerprint density at radius 1 is 1.17 bits per heavy atom. The van der Waals surface area contributed by atoms with Crippen molar-refractivity contribution in [2.75, 3.05) is 12.0 Å². The highest BCUT2D eigenvalue weighted by Gasteiger charge is 2.23. The number of carboxylic acid groups (broad SMARTS) is 1. The Hall–Kier alpha value is -0.710. The molecule has 0 bridgehead atoms. The standard InChI is InChI=1S/C13H25NO3S/c1-4-6-10(7-5-2)12(15)14-11(13(16)17)8-9-18-3/h10-11H,4-9H2,1-3H3,(H,14,15)(H,16,17)/t11-/m0/s1. The van der Waals surface area contributed by atoms with Crippen molar-refractivity contribution in [2.24, 2.45) is 5.92 Å². The molecule has 0 fully saturated rings. The maximum Gasteiger partial charge on any atom is 0.326 e. The van der Waals surface area contributed by atoms with Crippen molar-refractivity contribution in [1.29, 1.82) is 0 Å². The van der Waals surface area contributed by atoms with Gasteiger partial charge < -0.3 is 10.4 Å². The van der Waals surface area contributed by atoms with Gasteiger partial charge in [0.25, 0.3) is 0 Å². The predicted molar refractivity (Wildman–Crippen MR) is 75.9 cm³/mol. The van der Waals surface area contributed by atoms with Gasteiger partial charge in [-0.25, -0.2) is 4.79 Å². The molecule has 18 heavy (non-hydrogen) atoms. The third-order valence-corrected chi connectivity index (χ3v) is 3.51. The lowest BCUT2D eigenvalue weighted by Crippen LogP contribution is -2.44. The van der Waals surface area contributed by atoms with Crippen LogP contribution in [0.25, 0.3) is 0 Å². The van der Waals surface area contributed by atoms with Crippen molar-refractivity contribution in [3.8, 4) is 0 Å². The van der Waals surface area contributed by atoms with Crippen LogP contribution in [0.5, 0.6) is 0 Å². The SMILES string of the molecule is CCCC(CCC)C(=O)N[C@@H](CCSC)C(=O)O. The number of rotatable bonds is 10. The largest absolute Gasteiger partial charge is 0.480 e. The number of hydrogen-bond donors (Lipinski definition) is 2. The first-order valence-corrected chi connectivity index (χ1v) is 7.98. The minimum atomic E-state index is -0.941. The maximum atomic E-state index is 12.0. The van der Waals surface area contributed by atoms with Gasteiger partial charge in [-0.05, 0) is 31.3 Å². The van der Waals surface area contributed by atoms with E-state index >= 15 is 0 Å². The van der Waals surface area contributed by atoms with Crippen LogP contribution >= 0.6 is 11.8 Å². The molecule has 0 saturated carbocycles. The van der Waals surface area contributed by atoms with Crippen LogP contribution in [0.4, 0.5) is 0 Å². The molecule has 4 nitrogen and oxygen atoms in total. The number of hydrogen-bond acceptors (Lipinski definition) is 3. The summed E-state index contributed by atoms with van der Waals surface area (Å²) in [5.41, 5.74) is 0. The molecule has 0 saturated heterocycles. The summed E-state index contributed by atoms with van der Waals surface area (Å²) in [6.45, 7) is 4.08. The zero-order valence-electron chi connectivity index (χ0n) is 11.6. The molecule has 1 amide bonds. The van der Waals surface area contributed by atoms with Crippen molar-refractivity contribution in [3.63, 3.8) is 0 Å². The van der Waals surface area contributed by atoms with Gasteiger partial charge in [0.15, 0.2) is 0 Å². The van der Waals surface area contributed by atoms with Crippen LogP contribution in [-0.4, -0.2) is 35.0 Å². The molecule has 2 N–H and O–H groups in total. The second kappa shape index (κ2) is 10.2. The van der Waals surface area contributed by atoms with E-state index in [0.717, 1.165) is 31.4 Å². The summed E-state index contributed by atoms with van der Waals surface area (Å²) in [6.07, 6.45) is 5.95. The van der Waals surface area contributed by atoms with Gasteiger partial charge in [0.05, 0.1) is 0 Å². The first kappa shape index (κ1) is 17.3. The molecule has 0 aromatic rings. The van der Waals surface area contributed by atoms with Crippen molar-refractivity contribution >= 4 is 23.6 Å². The second-order valence-electron chi connectivity index (χ2n) is 4.46. The minimum Gasteiger partial charge on any atom is -0.480 e. The summed E-state index contributed by atoms with van der Waals surface area (Å²) in [5.74, 6) is -0.351. The molecule has 0 aliphatic heterocycles. The average Bonchev–Trinajstić information content (AvgIpc) is 2.33. The number of carboxylic acids is 1. The fraction of sp³-hybridized carbons (Fsp3) is 0.846. The van der Waals surface area contributed by atoms with Crippen LogP contribution in [0.15, 0.2) is 0 Å². The van der Waals surface area contributed by atoms with Gasteiger partial charge in [-0.1, -0.05) is 26.7 Å². The summed E-state index contributed by atoms with van der Waals surface area (Å²) < 4.78 is 0. The van der Waals surface area contributed by atoms with Gasteiger partial charge in [0.2, 0.25) is 5.91 Å². The number of carbonyl (C=O) groups excluding carboxylic acids is 1. The molecule has 0 aromatic heterocycles. The first-order chi connectivity index (χ1) is 8.56. The van der Waals surface area contributed by atoms with Gasteiger partial charge in [0.1, 0.15) is 6.04 Å². The fourth-order valence-corrected chi connectivity index (χ4v) is 2.36. The molecule has 0 aliphatic rings. The Bertz CT molecular complexity index is 253. The summed E-state index contributed by atoms with van der Waals surface area (Å²) >= 11 is 1.59. The molecule has 0 radical (unpaired) electrons. The van der Waals surface area contributed by atoms with Gasteiger partial charge in [-0.2, -0.15) is 11.8 Å². The van der Waals surface area contributed by atoms with Crippen molar-refractivity contribution in [1.82, 2.24) is 5.32 Å². The first-order valence-electron chi connectivity index (χ1n) is 6.58. The van der Waals surface area contributed by atoms with Crippen LogP contribution in [0.3, 0.4) is 0 Å². The second-order valence-corrected chi connectivity index (χ2v) is 5.44. The predicted octanol–water partition coefficient (Wildman–Crippen LogP) is 2.53. The number of thioether (sulfide) groups is 1. The van der Waals surface area contributed by atoms with Crippen LogP contribution in [0, 0.1) is 5.92 Å². The highest BCUT2D eigenvalue weighted by Crippen LogP contribution is 2.14. The lowest BCUT2D eigenvalue weighted by atomic mass is 9.97. The van der Waals surface area contributed by atoms with Crippen LogP contribution in [0.1, 0.15) is 46.0 Å². The normalized spacial score (nSPS) is 12.4. The Labute approximate surface area is 114 Å². The number of nitrogens with one attached hydrogen (secondary N) is 1. The van der Waals surface area contributed by atoms with E-state index in [-0.39, 0.29) is 11.8 Å². The van der Waals surface area contributed by atoms with Crippen molar-refractivity contribution in [2.45, 2.75) is 52.0 Å². The molecule has 106 valence electrons. The Morgan fingerprint density at radius 3 is 2.11 bits per heavy atom. The van der Waals surface area contributed by atoms with E-state index in [1.54, 1.807) is 11.8 Å². The molecule has 0 heterocycles. The highest BCUT2D eigenvalue weighted by atomic mass is 32.2. The van der Waals surface area contributed by atoms with E-state index in [1.807, 2.05) is 20.1 Å². The molecule has 0 unspecified atom stereocenters. The summed E-state index contributed by atoms with van der Waals surface area (Å²) in [4.78, 5) is 23.1. The molecule has 0 aliphatic carbocycles. The highest BCUT2D eigenvalue weighted by molar-refractivity contribution is 7.98. The number of carbonyl (C=O) groups is 2. The smallest absolute Gasteiger partial charge is 0.326 e. The van der Waals surface area contributed by atoms with Gasteiger partial charge >= 0.3 is 5.97 Å². The zero-order valence-corrected chi connectivity index (χ0v) is 12.4.